The highest BCUT2D eigenvalue weighted by molar-refractivity contribution is 5.95. The molecule has 136 valence electrons. The molecule has 0 radical (unpaired) electrons. The van der Waals surface area contributed by atoms with Crippen LogP contribution in [0.25, 0.3) is 0 Å². The van der Waals surface area contributed by atoms with Gasteiger partial charge in [-0.3, -0.25) is 9.59 Å². The molecule has 1 aliphatic heterocycles. The van der Waals surface area contributed by atoms with Gasteiger partial charge in [-0.2, -0.15) is 0 Å². The first-order valence-corrected chi connectivity index (χ1v) is 8.88. The number of rotatable bonds is 7. The van der Waals surface area contributed by atoms with Crippen LogP contribution in [-0.4, -0.2) is 25.5 Å². The molecule has 0 bridgehead atoms. The van der Waals surface area contributed by atoms with Gasteiger partial charge in [-0.05, 0) is 35.2 Å². The van der Waals surface area contributed by atoms with E-state index in [2.05, 4.69) is 5.32 Å². The SMILES string of the molecule is COCc1ccc(CNC(=O)Cc2ccc(N3CCCC3=O)cc2)cc1. The summed E-state index contributed by atoms with van der Waals surface area (Å²) in [6.45, 7) is 1.87. The summed E-state index contributed by atoms with van der Waals surface area (Å²) in [4.78, 5) is 25.7. The minimum Gasteiger partial charge on any atom is -0.380 e. The first-order valence-electron chi connectivity index (χ1n) is 8.88. The standard InChI is InChI=1S/C21H24N2O3/c1-26-15-18-6-4-17(5-7-18)14-22-20(24)13-16-8-10-19(11-9-16)23-12-2-3-21(23)25/h4-11H,2-3,12-15H2,1H3,(H,22,24). The van der Waals surface area contributed by atoms with Crippen molar-refractivity contribution in [1.82, 2.24) is 5.32 Å². The number of nitrogens with zero attached hydrogens (tertiary/aromatic N) is 1. The Kier molecular flexibility index (Phi) is 6.02. The van der Waals surface area contributed by atoms with E-state index in [0.717, 1.165) is 35.3 Å². The van der Waals surface area contributed by atoms with Crippen molar-refractivity contribution in [3.63, 3.8) is 0 Å². The Balaban J connectivity index is 1.49. The van der Waals surface area contributed by atoms with Crippen LogP contribution in [-0.2, 0) is 33.9 Å². The number of benzene rings is 2. The van der Waals surface area contributed by atoms with Gasteiger partial charge >= 0.3 is 0 Å². The van der Waals surface area contributed by atoms with Crippen LogP contribution in [0.5, 0.6) is 0 Å². The molecule has 2 amide bonds. The largest absolute Gasteiger partial charge is 0.380 e. The van der Waals surface area contributed by atoms with Crippen molar-refractivity contribution in [2.45, 2.75) is 32.4 Å². The van der Waals surface area contributed by atoms with E-state index < -0.39 is 0 Å². The van der Waals surface area contributed by atoms with Crippen LogP contribution in [0.1, 0.15) is 29.5 Å². The lowest BCUT2D eigenvalue weighted by molar-refractivity contribution is -0.120. The van der Waals surface area contributed by atoms with Gasteiger partial charge in [0.1, 0.15) is 0 Å². The van der Waals surface area contributed by atoms with Gasteiger partial charge in [-0.25, -0.2) is 0 Å². The average molecular weight is 352 g/mol. The zero-order valence-electron chi connectivity index (χ0n) is 15.0. The molecule has 1 aliphatic rings. The summed E-state index contributed by atoms with van der Waals surface area (Å²) in [6, 6.07) is 15.7. The highest BCUT2D eigenvalue weighted by Gasteiger charge is 2.21. The lowest BCUT2D eigenvalue weighted by Gasteiger charge is -2.15. The van der Waals surface area contributed by atoms with Gasteiger partial charge < -0.3 is 15.0 Å². The lowest BCUT2D eigenvalue weighted by Crippen LogP contribution is -2.25. The summed E-state index contributed by atoms with van der Waals surface area (Å²) >= 11 is 0. The number of amides is 2. The molecule has 26 heavy (non-hydrogen) atoms. The van der Waals surface area contributed by atoms with Crippen LogP contribution in [0.4, 0.5) is 5.69 Å². The molecule has 1 N–H and O–H groups in total. The first-order chi connectivity index (χ1) is 12.7. The minimum atomic E-state index is -0.0176. The predicted molar refractivity (Wildman–Crippen MR) is 101 cm³/mol. The Morgan fingerprint density at radius 3 is 2.31 bits per heavy atom. The van der Waals surface area contributed by atoms with Gasteiger partial charge in [0.25, 0.3) is 0 Å². The van der Waals surface area contributed by atoms with E-state index in [1.807, 2.05) is 48.5 Å². The van der Waals surface area contributed by atoms with Crippen LogP contribution < -0.4 is 10.2 Å². The molecule has 1 saturated heterocycles. The zero-order valence-corrected chi connectivity index (χ0v) is 15.0. The molecule has 1 fully saturated rings. The van der Waals surface area contributed by atoms with Crippen LogP contribution in [0.15, 0.2) is 48.5 Å². The Morgan fingerprint density at radius 2 is 1.69 bits per heavy atom. The smallest absolute Gasteiger partial charge is 0.227 e. The molecule has 0 saturated carbocycles. The van der Waals surface area contributed by atoms with Crippen molar-refractivity contribution in [2.24, 2.45) is 0 Å². The van der Waals surface area contributed by atoms with Crippen molar-refractivity contribution in [3.8, 4) is 0 Å². The lowest BCUT2D eigenvalue weighted by atomic mass is 10.1. The number of methoxy groups -OCH3 is 1. The molecule has 2 aromatic rings. The highest BCUT2D eigenvalue weighted by atomic mass is 16.5. The number of carbonyl (C=O) groups is 2. The van der Waals surface area contributed by atoms with Crippen LogP contribution in [0, 0.1) is 0 Å². The number of ether oxygens (including phenoxy) is 1. The topological polar surface area (TPSA) is 58.6 Å². The van der Waals surface area contributed by atoms with Gasteiger partial charge in [0.05, 0.1) is 13.0 Å². The molecule has 0 atom stereocenters. The minimum absolute atomic E-state index is 0.0176. The van der Waals surface area contributed by atoms with E-state index in [1.54, 1.807) is 12.0 Å². The van der Waals surface area contributed by atoms with E-state index in [9.17, 15) is 9.59 Å². The molecule has 5 heteroatoms. The van der Waals surface area contributed by atoms with E-state index in [1.165, 1.54) is 0 Å². The van der Waals surface area contributed by atoms with Gasteiger partial charge in [0.2, 0.25) is 11.8 Å². The maximum atomic E-state index is 12.2. The van der Waals surface area contributed by atoms with Crippen molar-refractivity contribution in [2.75, 3.05) is 18.6 Å². The fourth-order valence-corrected chi connectivity index (χ4v) is 3.08. The molecule has 0 aliphatic carbocycles. The second-order valence-corrected chi connectivity index (χ2v) is 6.52. The average Bonchev–Trinajstić information content (AvgIpc) is 3.08. The Morgan fingerprint density at radius 1 is 1.04 bits per heavy atom. The fourth-order valence-electron chi connectivity index (χ4n) is 3.08. The number of nitrogens with one attached hydrogen (secondary N) is 1. The maximum Gasteiger partial charge on any atom is 0.227 e. The second-order valence-electron chi connectivity index (χ2n) is 6.52. The number of anilines is 1. The molecule has 2 aromatic carbocycles. The van der Waals surface area contributed by atoms with Crippen LogP contribution in [0.3, 0.4) is 0 Å². The van der Waals surface area contributed by atoms with Crippen molar-refractivity contribution in [1.29, 1.82) is 0 Å². The quantitative estimate of drug-likeness (QED) is 0.834. The van der Waals surface area contributed by atoms with Crippen molar-refractivity contribution >= 4 is 17.5 Å². The van der Waals surface area contributed by atoms with E-state index in [4.69, 9.17) is 4.74 Å². The predicted octanol–water partition coefficient (Wildman–Crippen LogP) is 2.82. The summed E-state index contributed by atoms with van der Waals surface area (Å²) in [5.41, 5.74) is 4.02. The third kappa shape index (κ3) is 4.70. The fraction of sp³-hybridized carbons (Fsp3) is 0.333. The maximum absolute atomic E-state index is 12.2. The van der Waals surface area contributed by atoms with E-state index in [0.29, 0.717) is 26.0 Å². The number of hydrogen-bond donors (Lipinski definition) is 1. The summed E-state index contributed by atoms with van der Waals surface area (Å²) < 4.78 is 5.09. The van der Waals surface area contributed by atoms with Crippen LogP contribution in [0.2, 0.25) is 0 Å². The van der Waals surface area contributed by atoms with E-state index >= 15 is 0 Å². The second kappa shape index (κ2) is 8.63. The molecule has 5 nitrogen and oxygen atoms in total. The third-order valence-corrected chi connectivity index (χ3v) is 4.51. The van der Waals surface area contributed by atoms with Crippen molar-refractivity contribution < 1.29 is 14.3 Å². The first kappa shape index (κ1) is 18.1. The summed E-state index contributed by atoms with van der Waals surface area (Å²) in [7, 11) is 1.67. The normalized spacial score (nSPS) is 13.9. The summed E-state index contributed by atoms with van der Waals surface area (Å²) in [5, 5.41) is 2.94. The Hall–Kier alpha value is -2.66. The molecule has 0 spiro atoms. The van der Waals surface area contributed by atoms with Crippen LogP contribution >= 0.6 is 0 Å². The number of hydrogen-bond acceptors (Lipinski definition) is 3. The Labute approximate surface area is 154 Å². The zero-order chi connectivity index (χ0) is 18.4. The summed E-state index contributed by atoms with van der Waals surface area (Å²) in [6.07, 6.45) is 1.86. The highest BCUT2D eigenvalue weighted by Crippen LogP contribution is 2.21. The molecule has 1 heterocycles. The monoisotopic (exact) mass is 352 g/mol. The van der Waals surface area contributed by atoms with Crippen molar-refractivity contribution in [3.05, 3.63) is 65.2 Å². The molecule has 0 aromatic heterocycles. The van der Waals surface area contributed by atoms with Gasteiger partial charge in [-0.1, -0.05) is 36.4 Å². The third-order valence-electron chi connectivity index (χ3n) is 4.51. The van der Waals surface area contributed by atoms with Gasteiger partial charge in [0.15, 0.2) is 0 Å². The molecular formula is C21H24N2O3. The van der Waals surface area contributed by atoms with E-state index in [-0.39, 0.29) is 11.8 Å². The van der Waals surface area contributed by atoms with Gasteiger partial charge in [0, 0.05) is 32.3 Å². The Bertz CT molecular complexity index is 754. The molecule has 0 unspecified atom stereocenters. The van der Waals surface area contributed by atoms with Gasteiger partial charge in [-0.15, -0.1) is 0 Å². The summed E-state index contributed by atoms with van der Waals surface area (Å²) in [5.74, 6) is 0.156. The molecule has 3 rings (SSSR count). The number of carbonyl (C=O) groups excluding carboxylic acids is 2. The molecular weight excluding hydrogens is 328 g/mol.